The smallest absolute Gasteiger partial charge is 0.409 e. The number of azo groups is 1. The highest BCUT2D eigenvalue weighted by Gasteiger charge is 2.17. The Labute approximate surface area is 136 Å². The summed E-state index contributed by atoms with van der Waals surface area (Å²) in [7, 11) is 3.63. The summed E-state index contributed by atoms with van der Waals surface area (Å²) < 4.78 is 8.33. The zero-order valence-corrected chi connectivity index (χ0v) is 13.5. The lowest BCUT2D eigenvalue weighted by molar-refractivity contribution is -0.627. The number of ether oxygens (including phenoxy) is 1. The molecule has 0 amide bonds. The van der Waals surface area contributed by atoms with E-state index in [1.54, 1.807) is 18.4 Å². The van der Waals surface area contributed by atoms with E-state index >= 15 is 0 Å². The highest BCUT2D eigenvalue weighted by atomic mass is 32.1. The Morgan fingerprint density at radius 1 is 1.17 bits per heavy atom. The number of benzene rings is 2. The summed E-state index contributed by atoms with van der Waals surface area (Å²) in [6.07, 6.45) is 1.83. The highest BCUT2D eigenvalue weighted by Crippen LogP contribution is 2.30. The van der Waals surface area contributed by atoms with Crippen LogP contribution in [0.4, 0.5) is 10.8 Å². The first-order valence-corrected chi connectivity index (χ1v) is 7.88. The predicted octanol–water partition coefficient (Wildman–Crippen LogP) is 4.03. The fraction of sp³-hybridized carbons (Fsp3) is 0.125. The maximum Gasteiger partial charge on any atom is 0.409 e. The number of aromatic nitrogens is 3. The molecule has 2 heterocycles. The van der Waals surface area contributed by atoms with Gasteiger partial charge in [-0.25, -0.2) is 4.57 Å². The maximum atomic E-state index is 5.14. The number of hydrogen-bond acceptors (Lipinski definition) is 5. The molecule has 114 valence electrons. The average Bonchev–Trinajstić information content (AvgIpc) is 3.16. The summed E-state index contributed by atoms with van der Waals surface area (Å²) in [5, 5.41) is 17.7. The molecule has 4 rings (SSSR count). The third kappa shape index (κ3) is 2.44. The molecule has 0 aliphatic carbocycles. The molecule has 2 aromatic carbocycles. The molecule has 0 atom stereocenters. The van der Waals surface area contributed by atoms with Gasteiger partial charge in [-0.3, -0.25) is 5.10 Å². The number of aryl methyl sites for hydroxylation is 1. The maximum absolute atomic E-state index is 5.14. The van der Waals surface area contributed by atoms with Crippen molar-refractivity contribution in [1.29, 1.82) is 0 Å². The first kappa shape index (κ1) is 13.8. The Morgan fingerprint density at radius 2 is 2.00 bits per heavy atom. The van der Waals surface area contributed by atoms with Gasteiger partial charge in [0.15, 0.2) is 0 Å². The van der Waals surface area contributed by atoms with Crippen LogP contribution >= 0.6 is 11.3 Å². The van der Waals surface area contributed by atoms with Gasteiger partial charge < -0.3 is 4.74 Å². The number of thiazole rings is 1. The Morgan fingerprint density at radius 3 is 2.78 bits per heavy atom. The molecule has 23 heavy (non-hydrogen) atoms. The van der Waals surface area contributed by atoms with E-state index in [0.29, 0.717) is 0 Å². The number of nitrogens with zero attached hydrogens (tertiary/aromatic N) is 4. The number of fused-ring (bicyclic) bond motifs is 2. The monoisotopic (exact) mass is 324 g/mol. The van der Waals surface area contributed by atoms with E-state index in [2.05, 4.69) is 32.6 Å². The van der Waals surface area contributed by atoms with E-state index in [0.717, 1.165) is 37.7 Å². The van der Waals surface area contributed by atoms with Crippen molar-refractivity contribution >= 4 is 43.3 Å². The van der Waals surface area contributed by atoms with Gasteiger partial charge in [0.05, 0.1) is 35.7 Å². The van der Waals surface area contributed by atoms with E-state index in [9.17, 15) is 0 Å². The number of aromatic amines is 1. The van der Waals surface area contributed by atoms with Crippen molar-refractivity contribution in [3.05, 3.63) is 42.6 Å². The van der Waals surface area contributed by atoms with Crippen LogP contribution < -0.4 is 9.30 Å². The fourth-order valence-electron chi connectivity index (χ4n) is 2.41. The lowest BCUT2D eigenvalue weighted by Gasteiger charge is -1.96. The van der Waals surface area contributed by atoms with Crippen LogP contribution in [0.2, 0.25) is 0 Å². The third-order valence-corrected chi connectivity index (χ3v) is 4.78. The van der Waals surface area contributed by atoms with Crippen molar-refractivity contribution in [2.24, 2.45) is 17.3 Å². The second kappa shape index (κ2) is 5.44. The quantitative estimate of drug-likeness (QED) is 0.457. The van der Waals surface area contributed by atoms with Gasteiger partial charge in [0.2, 0.25) is 0 Å². The van der Waals surface area contributed by atoms with Crippen molar-refractivity contribution in [2.75, 3.05) is 7.11 Å². The van der Waals surface area contributed by atoms with Gasteiger partial charge in [0.1, 0.15) is 17.0 Å². The number of nitrogens with one attached hydrogen (secondary N) is 1. The van der Waals surface area contributed by atoms with Crippen LogP contribution in [0, 0.1) is 0 Å². The molecule has 4 aromatic rings. The first-order valence-electron chi connectivity index (χ1n) is 7.06. The van der Waals surface area contributed by atoms with Crippen LogP contribution in [0.5, 0.6) is 5.75 Å². The molecule has 0 fully saturated rings. The minimum absolute atomic E-state index is 0.791. The molecule has 0 bridgehead atoms. The lowest BCUT2D eigenvalue weighted by atomic mass is 10.2. The molecular weight excluding hydrogens is 310 g/mol. The molecule has 0 unspecified atom stereocenters. The van der Waals surface area contributed by atoms with Crippen molar-refractivity contribution in [3.8, 4) is 5.75 Å². The Hall–Kier alpha value is -2.80. The van der Waals surface area contributed by atoms with E-state index in [-0.39, 0.29) is 0 Å². The Bertz CT molecular complexity index is 1020. The summed E-state index contributed by atoms with van der Waals surface area (Å²) in [5.41, 5.74) is 2.92. The first-order chi connectivity index (χ1) is 11.2. The number of methoxy groups -OCH3 is 1. The highest BCUT2D eigenvalue weighted by molar-refractivity contribution is 7.21. The van der Waals surface area contributed by atoms with Gasteiger partial charge in [0, 0.05) is 11.5 Å². The number of rotatable bonds is 3. The summed E-state index contributed by atoms with van der Waals surface area (Å²) in [6, 6.07) is 11.7. The minimum atomic E-state index is 0.791. The minimum Gasteiger partial charge on any atom is -0.497 e. The van der Waals surface area contributed by atoms with E-state index in [1.165, 1.54) is 0 Å². The SMILES string of the molecule is COc1ccc(N=Nc2sc3cc4cn[nH]c4cc3[n+]2C)cc1. The molecule has 2 aromatic heterocycles. The molecule has 0 spiro atoms. The van der Waals surface area contributed by atoms with Gasteiger partial charge in [-0.1, -0.05) is 0 Å². The number of H-pyrrole nitrogens is 1. The fourth-order valence-corrected chi connectivity index (χ4v) is 3.41. The van der Waals surface area contributed by atoms with Crippen LogP contribution in [0.25, 0.3) is 21.1 Å². The largest absolute Gasteiger partial charge is 0.497 e. The van der Waals surface area contributed by atoms with Crippen LogP contribution in [0.15, 0.2) is 52.8 Å². The van der Waals surface area contributed by atoms with Crippen molar-refractivity contribution < 1.29 is 9.30 Å². The van der Waals surface area contributed by atoms with Crippen molar-refractivity contribution in [1.82, 2.24) is 10.2 Å². The molecule has 0 saturated heterocycles. The molecule has 0 aliphatic heterocycles. The van der Waals surface area contributed by atoms with Gasteiger partial charge in [-0.15, -0.1) is 0 Å². The van der Waals surface area contributed by atoms with E-state index < -0.39 is 0 Å². The van der Waals surface area contributed by atoms with Crippen molar-refractivity contribution in [3.63, 3.8) is 0 Å². The second-order valence-corrected chi connectivity index (χ2v) is 6.13. The zero-order valence-electron chi connectivity index (χ0n) is 12.6. The van der Waals surface area contributed by atoms with Crippen LogP contribution in [-0.4, -0.2) is 17.3 Å². The van der Waals surface area contributed by atoms with Crippen LogP contribution in [-0.2, 0) is 7.05 Å². The van der Waals surface area contributed by atoms with Crippen molar-refractivity contribution in [2.45, 2.75) is 0 Å². The summed E-state index contributed by atoms with van der Waals surface area (Å²) in [6.45, 7) is 0. The molecule has 0 saturated carbocycles. The molecular formula is C16H14N5OS+. The zero-order chi connectivity index (χ0) is 15.8. The summed E-state index contributed by atoms with van der Waals surface area (Å²) in [4.78, 5) is 0. The van der Waals surface area contributed by atoms with Gasteiger partial charge in [-0.05, 0) is 46.8 Å². The van der Waals surface area contributed by atoms with Gasteiger partial charge in [-0.2, -0.15) is 5.10 Å². The molecule has 6 nitrogen and oxygen atoms in total. The third-order valence-electron chi connectivity index (χ3n) is 3.69. The summed E-state index contributed by atoms with van der Waals surface area (Å²) >= 11 is 1.61. The second-order valence-electron chi connectivity index (χ2n) is 5.12. The van der Waals surface area contributed by atoms with Gasteiger partial charge in [0.25, 0.3) is 0 Å². The average molecular weight is 324 g/mol. The normalized spacial score (nSPS) is 11.7. The molecule has 0 aliphatic rings. The van der Waals surface area contributed by atoms with Gasteiger partial charge >= 0.3 is 5.13 Å². The summed E-state index contributed by atoms with van der Waals surface area (Å²) in [5.74, 6) is 0.806. The lowest BCUT2D eigenvalue weighted by Crippen LogP contribution is -2.25. The molecule has 0 radical (unpaired) electrons. The standard InChI is InChI=1S/C16H14N5OS/c1-21-14-8-13-10(9-17-19-13)7-15(14)23-16(21)20-18-11-3-5-12(22-2)6-4-11/h3-9H,1-2H3,(H,17,19)/q+1. The van der Waals surface area contributed by atoms with E-state index in [4.69, 9.17) is 4.74 Å². The van der Waals surface area contributed by atoms with Crippen LogP contribution in [0.1, 0.15) is 0 Å². The van der Waals surface area contributed by atoms with Crippen LogP contribution in [0.3, 0.4) is 0 Å². The number of hydrogen-bond donors (Lipinski definition) is 1. The predicted molar refractivity (Wildman–Crippen MR) is 89.8 cm³/mol. The molecule has 1 N–H and O–H groups in total. The Balaban J connectivity index is 1.72. The molecule has 7 heteroatoms. The van der Waals surface area contributed by atoms with E-state index in [1.807, 2.05) is 42.1 Å². The topological polar surface area (TPSA) is 66.5 Å². The Kier molecular flexibility index (Phi) is 3.27.